The van der Waals surface area contributed by atoms with Crippen LogP contribution in [0.4, 0.5) is 0 Å². The van der Waals surface area contributed by atoms with Crippen molar-refractivity contribution in [3.63, 3.8) is 0 Å². The Morgan fingerprint density at radius 3 is 2.50 bits per heavy atom. The third kappa shape index (κ3) is 2.19. The zero-order valence-electron chi connectivity index (χ0n) is 11.0. The first-order chi connectivity index (χ1) is 10.6. The number of rotatable bonds is 3. The van der Waals surface area contributed by atoms with Crippen molar-refractivity contribution in [1.82, 2.24) is 8.96 Å². The molecule has 22 heavy (non-hydrogen) atoms. The molecular weight excluding hydrogens is 326 g/mol. The summed E-state index contributed by atoms with van der Waals surface area (Å²) in [4.78, 5) is 3.83. The molecule has 0 unspecified atom stereocenters. The average molecular weight is 334 g/mol. The van der Waals surface area contributed by atoms with E-state index >= 15 is 0 Å². The molecule has 0 aliphatic carbocycles. The molecule has 0 aliphatic heterocycles. The van der Waals surface area contributed by atoms with E-state index in [0.29, 0.717) is 5.56 Å². The fourth-order valence-corrected chi connectivity index (χ4v) is 3.69. The van der Waals surface area contributed by atoms with Gasteiger partial charge in [0, 0.05) is 5.56 Å². The lowest BCUT2D eigenvalue weighted by molar-refractivity contribution is 0.447. The van der Waals surface area contributed by atoms with Crippen LogP contribution in [0.25, 0.3) is 11.3 Å². The van der Waals surface area contributed by atoms with Gasteiger partial charge in [-0.15, -0.1) is 0 Å². The molecule has 6 nitrogen and oxygen atoms in total. The van der Waals surface area contributed by atoms with Crippen LogP contribution in [0.3, 0.4) is 0 Å². The molecule has 0 N–H and O–H groups in total. The summed E-state index contributed by atoms with van der Waals surface area (Å²) >= 11 is 6.05. The van der Waals surface area contributed by atoms with Gasteiger partial charge in [-0.25, -0.2) is 8.96 Å². The molecule has 0 spiro atoms. The van der Waals surface area contributed by atoms with Crippen LogP contribution < -0.4 is 0 Å². The highest BCUT2D eigenvalue weighted by molar-refractivity contribution is 7.90. The van der Waals surface area contributed by atoms with Crippen molar-refractivity contribution in [3.05, 3.63) is 59.7 Å². The van der Waals surface area contributed by atoms with Gasteiger partial charge in [-0.05, 0) is 12.1 Å². The fraction of sp³-hybridized carbons (Fsp3) is 0. The number of halogens is 1. The molecule has 1 aromatic carbocycles. The summed E-state index contributed by atoms with van der Waals surface area (Å²) in [5.41, 5.74) is 0.645. The molecule has 2 heterocycles. The summed E-state index contributed by atoms with van der Waals surface area (Å²) < 4.78 is 31.2. The maximum atomic E-state index is 12.7. The molecule has 0 saturated carbocycles. The smallest absolute Gasteiger partial charge is 0.304 e. The lowest BCUT2D eigenvalue weighted by Crippen LogP contribution is -2.15. The second kappa shape index (κ2) is 5.33. The maximum Gasteiger partial charge on any atom is 0.304 e. The SMILES string of the molecule is N#Cc1nc(Cl)c(-c2ccccc2)n1S(=O)(=O)c1ccco1. The van der Waals surface area contributed by atoms with Gasteiger partial charge in [-0.2, -0.15) is 13.7 Å². The van der Waals surface area contributed by atoms with Gasteiger partial charge in [0.25, 0.3) is 0 Å². The number of hydrogen-bond acceptors (Lipinski definition) is 5. The molecule has 0 radical (unpaired) electrons. The average Bonchev–Trinajstić information content (AvgIpc) is 3.16. The van der Waals surface area contributed by atoms with Gasteiger partial charge in [0.1, 0.15) is 11.8 Å². The van der Waals surface area contributed by atoms with E-state index in [9.17, 15) is 13.7 Å². The molecule has 0 amide bonds. The third-order valence-corrected chi connectivity index (χ3v) is 4.77. The van der Waals surface area contributed by atoms with E-state index in [1.165, 1.54) is 18.4 Å². The minimum Gasteiger partial charge on any atom is -0.451 e. The quantitative estimate of drug-likeness (QED) is 0.735. The largest absolute Gasteiger partial charge is 0.451 e. The van der Waals surface area contributed by atoms with Crippen molar-refractivity contribution in [2.45, 2.75) is 5.09 Å². The first-order valence-electron chi connectivity index (χ1n) is 6.08. The lowest BCUT2D eigenvalue weighted by Gasteiger charge is -2.08. The number of nitrogens with zero attached hydrogens (tertiary/aromatic N) is 3. The van der Waals surface area contributed by atoms with Gasteiger partial charge >= 0.3 is 10.0 Å². The summed E-state index contributed by atoms with van der Waals surface area (Å²) in [7, 11) is -4.12. The summed E-state index contributed by atoms with van der Waals surface area (Å²) in [5, 5.41) is 8.81. The van der Waals surface area contributed by atoms with Gasteiger partial charge in [-0.3, -0.25) is 0 Å². The molecule has 3 rings (SSSR count). The Hall–Kier alpha value is -2.56. The molecule has 0 atom stereocenters. The molecule has 0 aliphatic rings. The minimum absolute atomic E-state index is 0.0714. The molecular formula is C14H8ClN3O3S. The van der Waals surface area contributed by atoms with E-state index in [4.69, 9.17) is 16.0 Å². The highest BCUT2D eigenvalue weighted by Crippen LogP contribution is 2.32. The number of benzene rings is 1. The summed E-state index contributed by atoms with van der Waals surface area (Å²) in [5.74, 6) is -0.333. The van der Waals surface area contributed by atoms with Crippen molar-refractivity contribution in [2.75, 3.05) is 0 Å². The Morgan fingerprint density at radius 1 is 1.18 bits per heavy atom. The summed E-state index contributed by atoms with van der Waals surface area (Å²) in [6.45, 7) is 0. The third-order valence-electron chi connectivity index (χ3n) is 2.93. The topological polar surface area (TPSA) is 88.9 Å². The predicted octanol–water partition coefficient (Wildman–Crippen LogP) is 2.91. The highest BCUT2D eigenvalue weighted by atomic mass is 35.5. The van der Waals surface area contributed by atoms with Crippen molar-refractivity contribution in [3.8, 4) is 17.3 Å². The number of hydrogen-bond donors (Lipinski definition) is 0. The van der Waals surface area contributed by atoms with Crippen LogP contribution in [0.1, 0.15) is 5.82 Å². The van der Waals surface area contributed by atoms with E-state index in [1.54, 1.807) is 36.4 Å². The van der Waals surface area contributed by atoms with Crippen LogP contribution in [-0.4, -0.2) is 17.4 Å². The van der Waals surface area contributed by atoms with Crippen molar-refractivity contribution in [1.29, 1.82) is 5.26 Å². The summed E-state index contributed by atoms with van der Waals surface area (Å²) in [6.07, 6.45) is 1.24. The van der Waals surface area contributed by atoms with Crippen molar-refractivity contribution in [2.24, 2.45) is 0 Å². The number of furan rings is 1. The van der Waals surface area contributed by atoms with E-state index < -0.39 is 10.0 Å². The predicted molar refractivity (Wildman–Crippen MR) is 78.7 cm³/mol. The van der Waals surface area contributed by atoms with E-state index in [2.05, 4.69) is 4.98 Å². The first-order valence-corrected chi connectivity index (χ1v) is 7.90. The van der Waals surface area contributed by atoms with Gasteiger partial charge in [0.15, 0.2) is 5.15 Å². The van der Waals surface area contributed by atoms with Gasteiger partial charge in [0.05, 0.1) is 6.26 Å². The zero-order valence-corrected chi connectivity index (χ0v) is 12.5. The lowest BCUT2D eigenvalue weighted by atomic mass is 10.2. The van der Waals surface area contributed by atoms with Crippen LogP contribution >= 0.6 is 11.6 Å². The Balaban J connectivity index is 2.35. The molecule has 3 aromatic rings. The normalized spacial score (nSPS) is 11.3. The van der Waals surface area contributed by atoms with Gasteiger partial charge in [-0.1, -0.05) is 41.9 Å². The minimum atomic E-state index is -4.12. The molecule has 0 saturated heterocycles. The van der Waals surface area contributed by atoms with Crippen molar-refractivity contribution < 1.29 is 12.8 Å². The Labute approximate surface area is 131 Å². The van der Waals surface area contributed by atoms with E-state index in [1.807, 2.05) is 0 Å². The summed E-state index contributed by atoms with van der Waals surface area (Å²) in [6, 6.07) is 13.1. The fourth-order valence-electron chi connectivity index (χ4n) is 2.02. The molecule has 8 heteroatoms. The standard InChI is InChI=1S/C14H8ClN3O3S/c15-14-13(10-5-2-1-3-6-10)18(11(9-16)17-14)22(19,20)12-7-4-8-21-12/h1-8H. The Morgan fingerprint density at radius 2 is 1.91 bits per heavy atom. The van der Waals surface area contributed by atoms with Gasteiger partial charge in [0.2, 0.25) is 10.9 Å². The van der Waals surface area contributed by atoms with Crippen LogP contribution in [0.15, 0.2) is 58.2 Å². The zero-order chi connectivity index (χ0) is 15.7. The number of imidazole rings is 1. The number of aromatic nitrogens is 2. The van der Waals surface area contributed by atoms with E-state index in [-0.39, 0.29) is 21.8 Å². The molecule has 110 valence electrons. The second-order valence-electron chi connectivity index (χ2n) is 4.25. The van der Waals surface area contributed by atoms with E-state index in [0.717, 1.165) is 3.97 Å². The van der Waals surface area contributed by atoms with Crippen molar-refractivity contribution >= 4 is 21.6 Å². The maximum absolute atomic E-state index is 12.7. The molecule has 2 aromatic heterocycles. The Bertz CT molecular complexity index is 955. The first kappa shape index (κ1) is 14.4. The second-order valence-corrected chi connectivity index (χ2v) is 6.33. The Kier molecular flexibility index (Phi) is 3.48. The van der Waals surface area contributed by atoms with Crippen LogP contribution in [0, 0.1) is 11.3 Å². The van der Waals surface area contributed by atoms with Gasteiger partial charge < -0.3 is 4.42 Å². The number of nitriles is 1. The van der Waals surface area contributed by atoms with Crippen LogP contribution in [0.2, 0.25) is 5.15 Å². The van der Waals surface area contributed by atoms with Crippen LogP contribution in [-0.2, 0) is 10.0 Å². The monoisotopic (exact) mass is 333 g/mol. The highest BCUT2D eigenvalue weighted by Gasteiger charge is 2.30. The molecule has 0 fully saturated rings. The molecule has 0 bridgehead atoms. The van der Waals surface area contributed by atoms with Crippen LogP contribution in [0.5, 0.6) is 0 Å².